The van der Waals surface area contributed by atoms with Crippen LogP contribution in [0, 0.1) is 5.41 Å². The van der Waals surface area contributed by atoms with Crippen molar-refractivity contribution in [3.05, 3.63) is 34.9 Å². The Kier molecular flexibility index (Phi) is 12.0. The van der Waals surface area contributed by atoms with E-state index in [2.05, 4.69) is 6.92 Å². The summed E-state index contributed by atoms with van der Waals surface area (Å²) in [6.07, 6.45) is 7.11. The Hall–Kier alpha value is -1.56. The van der Waals surface area contributed by atoms with Gasteiger partial charge in [0.2, 0.25) is 0 Å². The fraction of sp³-hybridized carbons (Fsp3) is 0.579. The van der Waals surface area contributed by atoms with Gasteiger partial charge in [-0.3, -0.25) is 9.59 Å². The van der Waals surface area contributed by atoms with Crippen molar-refractivity contribution in [2.75, 3.05) is 19.8 Å². The van der Waals surface area contributed by atoms with Crippen LogP contribution in [0.1, 0.15) is 65.8 Å². The van der Waals surface area contributed by atoms with E-state index in [1.54, 1.807) is 13.0 Å². The molecule has 0 bridgehead atoms. The van der Waals surface area contributed by atoms with Crippen molar-refractivity contribution < 1.29 is 24.9 Å². The minimum absolute atomic E-state index is 0.181. The molecular weight excluding hydrogens is 308 g/mol. The number of hydrogen-bond acceptors (Lipinski definition) is 5. The molecule has 0 heterocycles. The second kappa shape index (κ2) is 12.8. The van der Waals surface area contributed by atoms with Crippen LogP contribution in [0.3, 0.4) is 0 Å². The van der Waals surface area contributed by atoms with Gasteiger partial charge in [-0.15, -0.1) is 0 Å². The maximum atomic E-state index is 10.9. The molecule has 136 valence electrons. The highest BCUT2D eigenvalue weighted by Gasteiger charge is 2.20. The second-order valence-electron chi connectivity index (χ2n) is 6.25. The summed E-state index contributed by atoms with van der Waals surface area (Å²) in [5.41, 5.74) is 1.35. The summed E-state index contributed by atoms with van der Waals surface area (Å²) < 4.78 is 0. The van der Waals surface area contributed by atoms with Crippen LogP contribution in [0.5, 0.6) is 0 Å². The molecule has 24 heavy (non-hydrogen) atoms. The molecular formula is C19H30O5. The van der Waals surface area contributed by atoms with Crippen molar-refractivity contribution in [3.63, 3.8) is 0 Å². The maximum absolute atomic E-state index is 10.9. The summed E-state index contributed by atoms with van der Waals surface area (Å²) in [4.78, 5) is 21.7. The Balaban J connectivity index is 0.000000561. The average Bonchev–Trinajstić information content (AvgIpc) is 2.64. The third-order valence-corrected chi connectivity index (χ3v) is 3.92. The number of carbonyl (C=O) groups is 2. The van der Waals surface area contributed by atoms with Gasteiger partial charge in [0.25, 0.3) is 0 Å². The van der Waals surface area contributed by atoms with E-state index in [4.69, 9.17) is 15.3 Å². The molecule has 0 saturated heterocycles. The van der Waals surface area contributed by atoms with E-state index in [0.29, 0.717) is 11.1 Å². The Bertz CT molecular complexity index is 472. The molecule has 0 aliphatic rings. The minimum Gasteiger partial charge on any atom is -0.396 e. The summed E-state index contributed by atoms with van der Waals surface area (Å²) >= 11 is 0. The lowest BCUT2D eigenvalue weighted by molar-refractivity contribution is 0.0200. The molecule has 0 radical (unpaired) electrons. The van der Waals surface area contributed by atoms with Gasteiger partial charge in [0, 0.05) is 16.5 Å². The van der Waals surface area contributed by atoms with Crippen LogP contribution in [0.2, 0.25) is 0 Å². The molecule has 0 saturated carbocycles. The summed E-state index contributed by atoms with van der Waals surface area (Å²) in [5.74, 6) is 0. The largest absolute Gasteiger partial charge is 0.396 e. The van der Waals surface area contributed by atoms with E-state index in [9.17, 15) is 9.59 Å². The van der Waals surface area contributed by atoms with Crippen LogP contribution in [-0.2, 0) is 6.42 Å². The SMILES string of the molecule is CC(CO)(CO)CO.CCCCCCc1cccc(C=O)c1C=O. The fourth-order valence-electron chi connectivity index (χ4n) is 1.99. The summed E-state index contributed by atoms with van der Waals surface area (Å²) in [7, 11) is 0. The summed E-state index contributed by atoms with van der Waals surface area (Å²) in [5, 5.41) is 25.4. The van der Waals surface area contributed by atoms with E-state index < -0.39 is 5.41 Å². The number of aliphatic hydroxyl groups excluding tert-OH is 3. The highest BCUT2D eigenvalue weighted by Crippen LogP contribution is 2.15. The van der Waals surface area contributed by atoms with Gasteiger partial charge in [-0.25, -0.2) is 0 Å². The number of aliphatic hydroxyl groups is 3. The van der Waals surface area contributed by atoms with Gasteiger partial charge in [0.15, 0.2) is 12.6 Å². The van der Waals surface area contributed by atoms with E-state index >= 15 is 0 Å². The van der Waals surface area contributed by atoms with Gasteiger partial charge in [-0.2, -0.15) is 0 Å². The molecule has 0 spiro atoms. The zero-order valence-corrected chi connectivity index (χ0v) is 14.7. The first kappa shape index (κ1) is 22.4. The van der Waals surface area contributed by atoms with Crippen molar-refractivity contribution in [1.82, 2.24) is 0 Å². The number of hydrogen-bond donors (Lipinski definition) is 3. The molecule has 0 unspecified atom stereocenters. The minimum atomic E-state index is -0.708. The molecule has 1 rings (SSSR count). The van der Waals surface area contributed by atoms with Crippen LogP contribution < -0.4 is 0 Å². The maximum Gasteiger partial charge on any atom is 0.151 e. The van der Waals surface area contributed by atoms with Crippen molar-refractivity contribution in [1.29, 1.82) is 0 Å². The van der Waals surface area contributed by atoms with E-state index in [1.165, 1.54) is 19.3 Å². The van der Waals surface area contributed by atoms with Crippen LogP contribution >= 0.6 is 0 Å². The van der Waals surface area contributed by atoms with Gasteiger partial charge in [-0.1, -0.05) is 51.3 Å². The van der Waals surface area contributed by atoms with Crippen molar-refractivity contribution in [2.24, 2.45) is 5.41 Å². The molecule has 5 nitrogen and oxygen atoms in total. The second-order valence-corrected chi connectivity index (χ2v) is 6.25. The monoisotopic (exact) mass is 338 g/mol. The molecule has 0 fully saturated rings. The Morgan fingerprint density at radius 2 is 1.58 bits per heavy atom. The zero-order valence-electron chi connectivity index (χ0n) is 14.7. The summed E-state index contributed by atoms with van der Waals surface area (Å²) in [6.45, 7) is 3.23. The molecule has 1 aromatic carbocycles. The number of rotatable bonds is 10. The molecule has 1 aromatic rings. The highest BCUT2D eigenvalue weighted by atomic mass is 16.3. The van der Waals surface area contributed by atoms with Gasteiger partial charge in [0.1, 0.15) is 0 Å². The van der Waals surface area contributed by atoms with Gasteiger partial charge in [0.05, 0.1) is 19.8 Å². The van der Waals surface area contributed by atoms with Crippen LogP contribution in [-0.4, -0.2) is 47.7 Å². The van der Waals surface area contributed by atoms with Crippen LogP contribution in [0.25, 0.3) is 0 Å². The first-order valence-electron chi connectivity index (χ1n) is 8.36. The quantitative estimate of drug-likeness (QED) is 0.450. The number of aldehydes is 2. The normalized spacial score (nSPS) is 10.7. The average molecular weight is 338 g/mol. The van der Waals surface area contributed by atoms with E-state index in [1.807, 2.05) is 12.1 Å². The lowest BCUT2D eigenvalue weighted by Crippen LogP contribution is -2.29. The van der Waals surface area contributed by atoms with Gasteiger partial charge in [-0.05, 0) is 18.4 Å². The summed E-state index contributed by atoms with van der Waals surface area (Å²) in [6, 6.07) is 5.46. The number of benzene rings is 1. The predicted octanol–water partition coefficient (Wildman–Crippen LogP) is 2.40. The first-order valence-corrected chi connectivity index (χ1v) is 8.36. The Labute approximate surface area is 144 Å². The molecule has 3 N–H and O–H groups in total. The van der Waals surface area contributed by atoms with Crippen LogP contribution in [0.4, 0.5) is 0 Å². The number of aryl methyl sites for hydroxylation is 1. The first-order chi connectivity index (χ1) is 11.5. The molecule has 0 aromatic heterocycles. The standard InChI is InChI=1S/C14H18O2.C5H12O3/c1-2-3-4-5-7-12-8-6-9-13(10-15)14(12)11-16;1-5(2-6,3-7)4-8/h6,8-11H,2-5,7H2,1H3;6-8H,2-4H2,1H3. The van der Waals surface area contributed by atoms with Crippen molar-refractivity contribution in [3.8, 4) is 0 Å². The molecule has 0 aliphatic carbocycles. The molecule has 0 atom stereocenters. The third-order valence-electron chi connectivity index (χ3n) is 3.92. The highest BCUT2D eigenvalue weighted by molar-refractivity contribution is 5.91. The topological polar surface area (TPSA) is 94.8 Å². The van der Waals surface area contributed by atoms with Gasteiger partial charge < -0.3 is 15.3 Å². The number of carbonyl (C=O) groups excluding carboxylic acids is 2. The van der Waals surface area contributed by atoms with E-state index in [0.717, 1.165) is 31.0 Å². The zero-order chi connectivity index (χ0) is 18.4. The van der Waals surface area contributed by atoms with E-state index in [-0.39, 0.29) is 19.8 Å². The van der Waals surface area contributed by atoms with Crippen LogP contribution in [0.15, 0.2) is 18.2 Å². The smallest absolute Gasteiger partial charge is 0.151 e. The molecule has 0 amide bonds. The Morgan fingerprint density at radius 3 is 2.00 bits per heavy atom. The van der Waals surface area contributed by atoms with Crippen molar-refractivity contribution in [2.45, 2.75) is 46.0 Å². The predicted molar refractivity (Wildman–Crippen MR) is 94.4 cm³/mol. The number of unbranched alkanes of at least 4 members (excludes halogenated alkanes) is 3. The lowest BCUT2D eigenvalue weighted by atomic mass is 9.95. The van der Waals surface area contributed by atoms with Crippen molar-refractivity contribution >= 4 is 12.6 Å². The third kappa shape index (κ3) is 7.81. The Morgan fingerprint density at radius 1 is 0.958 bits per heavy atom. The molecule has 5 heteroatoms. The lowest BCUT2D eigenvalue weighted by Gasteiger charge is -2.20. The van der Waals surface area contributed by atoms with Gasteiger partial charge >= 0.3 is 0 Å². The fourth-order valence-corrected chi connectivity index (χ4v) is 1.99. The molecule has 0 aliphatic heterocycles.